The van der Waals surface area contributed by atoms with E-state index in [2.05, 4.69) is 16.0 Å². The average Bonchev–Trinajstić information content (AvgIpc) is 2.88. The van der Waals surface area contributed by atoms with E-state index in [0.29, 0.717) is 43.6 Å². The molecule has 10 heteroatoms. The molecule has 0 spiro atoms. The summed E-state index contributed by atoms with van der Waals surface area (Å²) in [7, 11) is -4.06. The summed E-state index contributed by atoms with van der Waals surface area (Å²) in [5.41, 5.74) is 1.41. The summed E-state index contributed by atoms with van der Waals surface area (Å²) in [6.07, 6.45) is -0.224. The standard InChI is InChI=1S/C26H25F3N4O2S/c27-26(28,29)23-6-8-25(9-7-23)36(34,35)33(19-22-5-2-12-31-17-22)24-10-13-32(14-11-24)18-21-4-1-3-20(15-21)16-30/h1-9,12,15,17,24H,10-11,13-14,18-19H2. The highest BCUT2D eigenvalue weighted by Gasteiger charge is 2.35. The van der Waals surface area contributed by atoms with E-state index >= 15 is 0 Å². The van der Waals surface area contributed by atoms with Crippen LogP contribution >= 0.6 is 0 Å². The third kappa shape index (κ3) is 6.10. The summed E-state index contributed by atoms with van der Waals surface area (Å²) >= 11 is 0. The number of alkyl halides is 3. The molecule has 1 aromatic heterocycles. The van der Waals surface area contributed by atoms with Gasteiger partial charge in [-0.2, -0.15) is 22.7 Å². The number of likely N-dealkylation sites (tertiary alicyclic amines) is 1. The molecule has 0 saturated carbocycles. The Morgan fingerprint density at radius 1 is 1.03 bits per heavy atom. The van der Waals surface area contributed by atoms with Crippen LogP contribution in [0.4, 0.5) is 13.2 Å². The summed E-state index contributed by atoms with van der Waals surface area (Å²) in [5, 5.41) is 9.12. The zero-order chi connectivity index (χ0) is 25.8. The van der Waals surface area contributed by atoms with E-state index in [1.54, 1.807) is 30.6 Å². The smallest absolute Gasteiger partial charge is 0.299 e. The van der Waals surface area contributed by atoms with Gasteiger partial charge in [-0.15, -0.1) is 0 Å². The van der Waals surface area contributed by atoms with Crippen molar-refractivity contribution in [1.29, 1.82) is 5.26 Å². The second-order valence-electron chi connectivity index (χ2n) is 8.75. The maximum atomic E-state index is 13.6. The van der Waals surface area contributed by atoms with Gasteiger partial charge in [0.1, 0.15) is 0 Å². The molecule has 0 bridgehead atoms. The lowest BCUT2D eigenvalue weighted by Gasteiger charge is -2.38. The minimum atomic E-state index is -4.54. The molecule has 6 nitrogen and oxygen atoms in total. The van der Waals surface area contributed by atoms with Crippen molar-refractivity contribution in [2.75, 3.05) is 13.1 Å². The van der Waals surface area contributed by atoms with Crippen molar-refractivity contribution in [2.45, 2.75) is 43.0 Å². The fraction of sp³-hybridized carbons (Fsp3) is 0.308. The van der Waals surface area contributed by atoms with Crippen LogP contribution in [-0.4, -0.2) is 41.7 Å². The molecule has 0 radical (unpaired) electrons. The first-order valence-electron chi connectivity index (χ1n) is 11.5. The second-order valence-corrected chi connectivity index (χ2v) is 10.6. The zero-order valence-corrected chi connectivity index (χ0v) is 20.2. The molecular weight excluding hydrogens is 489 g/mol. The van der Waals surface area contributed by atoms with Crippen LogP contribution in [0.3, 0.4) is 0 Å². The first kappa shape index (κ1) is 25.8. The lowest BCUT2D eigenvalue weighted by Crippen LogP contribution is -2.46. The van der Waals surface area contributed by atoms with Gasteiger partial charge in [-0.3, -0.25) is 9.88 Å². The number of pyridine rings is 1. The van der Waals surface area contributed by atoms with E-state index < -0.39 is 21.8 Å². The Kier molecular flexibility index (Phi) is 7.73. The van der Waals surface area contributed by atoms with Gasteiger partial charge in [-0.05, 0) is 66.4 Å². The lowest BCUT2D eigenvalue weighted by molar-refractivity contribution is -0.137. The van der Waals surface area contributed by atoms with E-state index in [0.717, 1.165) is 29.8 Å². The number of hydrogen-bond donors (Lipinski definition) is 0. The largest absolute Gasteiger partial charge is 0.416 e. The molecule has 1 fully saturated rings. The fourth-order valence-electron chi connectivity index (χ4n) is 4.40. The predicted molar refractivity (Wildman–Crippen MR) is 128 cm³/mol. The molecule has 4 rings (SSSR count). The van der Waals surface area contributed by atoms with Gasteiger partial charge in [0.15, 0.2) is 0 Å². The lowest BCUT2D eigenvalue weighted by atomic mass is 10.0. The molecule has 0 unspecified atom stereocenters. The van der Waals surface area contributed by atoms with Crippen LogP contribution in [0.15, 0.2) is 78.0 Å². The quantitative estimate of drug-likeness (QED) is 0.452. The van der Waals surface area contributed by atoms with Crippen molar-refractivity contribution in [3.63, 3.8) is 0 Å². The van der Waals surface area contributed by atoms with Crippen molar-refractivity contribution < 1.29 is 21.6 Å². The number of piperidine rings is 1. The maximum Gasteiger partial charge on any atom is 0.416 e. The van der Waals surface area contributed by atoms with Crippen molar-refractivity contribution in [3.05, 3.63) is 95.3 Å². The highest BCUT2D eigenvalue weighted by Crippen LogP contribution is 2.32. The van der Waals surface area contributed by atoms with Crippen molar-refractivity contribution in [3.8, 4) is 6.07 Å². The van der Waals surface area contributed by atoms with Crippen molar-refractivity contribution in [1.82, 2.24) is 14.2 Å². The van der Waals surface area contributed by atoms with Crippen LogP contribution < -0.4 is 0 Å². The molecule has 1 saturated heterocycles. The van der Waals surface area contributed by atoms with Gasteiger partial charge in [0.05, 0.1) is 22.1 Å². The minimum Gasteiger partial charge on any atom is -0.299 e. The number of aromatic nitrogens is 1. The highest BCUT2D eigenvalue weighted by atomic mass is 32.2. The Morgan fingerprint density at radius 2 is 1.72 bits per heavy atom. The number of sulfonamides is 1. The molecule has 3 aromatic rings. The van der Waals surface area contributed by atoms with E-state index in [4.69, 9.17) is 5.26 Å². The fourth-order valence-corrected chi connectivity index (χ4v) is 6.07. The van der Waals surface area contributed by atoms with E-state index in [1.807, 2.05) is 18.2 Å². The van der Waals surface area contributed by atoms with Crippen LogP contribution in [0, 0.1) is 11.3 Å². The molecule has 0 atom stereocenters. The SMILES string of the molecule is N#Cc1cccc(CN2CCC(N(Cc3cccnc3)S(=O)(=O)c3ccc(C(F)(F)F)cc3)CC2)c1. The average molecular weight is 515 g/mol. The molecule has 188 valence electrons. The van der Waals surface area contributed by atoms with Gasteiger partial charge in [-0.25, -0.2) is 8.42 Å². The molecule has 1 aliphatic heterocycles. The molecule has 2 heterocycles. The topological polar surface area (TPSA) is 77.3 Å². The van der Waals surface area contributed by atoms with E-state index in [-0.39, 0.29) is 17.5 Å². The summed E-state index contributed by atoms with van der Waals surface area (Å²) in [5.74, 6) is 0. The summed E-state index contributed by atoms with van der Waals surface area (Å²) in [6.45, 7) is 2.02. The minimum absolute atomic E-state index is 0.0755. The van der Waals surface area contributed by atoms with E-state index in [1.165, 1.54) is 4.31 Å². The zero-order valence-electron chi connectivity index (χ0n) is 19.4. The van der Waals surface area contributed by atoms with Gasteiger partial charge >= 0.3 is 6.18 Å². The number of halogens is 3. The van der Waals surface area contributed by atoms with Crippen molar-refractivity contribution >= 4 is 10.0 Å². The Labute approximate surface area is 208 Å². The number of benzene rings is 2. The first-order valence-corrected chi connectivity index (χ1v) is 12.9. The van der Waals surface area contributed by atoms with Crippen LogP contribution in [-0.2, 0) is 29.3 Å². The molecule has 0 N–H and O–H groups in total. The normalized spacial score (nSPS) is 15.6. The molecular formula is C26H25F3N4O2S. The third-order valence-electron chi connectivity index (χ3n) is 6.28. The van der Waals surface area contributed by atoms with Crippen LogP contribution in [0.5, 0.6) is 0 Å². The van der Waals surface area contributed by atoms with Gasteiger partial charge < -0.3 is 0 Å². The monoisotopic (exact) mass is 514 g/mol. The number of hydrogen-bond acceptors (Lipinski definition) is 5. The third-order valence-corrected chi connectivity index (χ3v) is 8.19. The van der Waals surface area contributed by atoms with Crippen LogP contribution in [0.1, 0.15) is 35.1 Å². The highest BCUT2D eigenvalue weighted by molar-refractivity contribution is 7.89. The predicted octanol–water partition coefficient (Wildman–Crippen LogP) is 4.83. The van der Waals surface area contributed by atoms with Crippen LogP contribution in [0.2, 0.25) is 0 Å². The Balaban J connectivity index is 1.53. The Morgan fingerprint density at radius 3 is 2.33 bits per heavy atom. The van der Waals surface area contributed by atoms with E-state index in [9.17, 15) is 21.6 Å². The summed E-state index contributed by atoms with van der Waals surface area (Å²) < 4.78 is 67.6. The molecule has 36 heavy (non-hydrogen) atoms. The number of nitriles is 1. The van der Waals surface area contributed by atoms with Crippen LogP contribution in [0.25, 0.3) is 0 Å². The van der Waals surface area contributed by atoms with Gasteiger partial charge in [0.2, 0.25) is 10.0 Å². The summed E-state index contributed by atoms with van der Waals surface area (Å²) in [6, 6.07) is 16.3. The number of nitrogens with zero attached hydrogens (tertiary/aromatic N) is 4. The maximum absolute atomic E-state index is 13.6. The molecule has 2 aromatic carbocycles. The van der Waals surface area contributed by atoms with Gasteiger partial charge in [-0.1, -0.05) is 18.2 Å². The second kappa shape index (κ2) is 10.8. The molecule has 0 aliphatic carbocycles. The molecule has 0 amide bonds. The summed E-state index contributed by atoms with van der Waals surface area (Å²) in [4.78, 5) is 6.11. The first-order chi connectivity index (χ1) is 17.2. The van der Waals surface area contributed by atoms with Gasteiger partial charge in [0.25, 0.3) is 0 Å². The molecule has 1 aliphatic rings. The number of rotatable bonds is 7. The Hall–Kier alpha value is -3.26. The Bertz CT molecular complexity index is 1320. The van der Waals surface area contributed by atoms with Gasteiger partial charge in [0, 0.05) is 44.6 Å². The van der Waals surface area contributed by atoms with Crippen molar-refractivity contribution in [2.24, 2.45) is 0 Å².